The number of hydrogen-bond acceptors (Lipinski definition) is 6. The van der Waals surface area contributed by atoms with Crippen LogP contribution in [0.2, 0.25) is 0 Å². The van der Waals surface area contributed by atoms with Crippen LogP contribution in [0.5, 0.6) is 11.5 Å². The fourth-order valence-corrected chi connectivity index (χ4v) is 2.62. The Morgan fingerprint density at radius 3 is 2.45 bits per heavy atom. The molecule has 7 heteroatoms. The highest BCUT2D eigenvalue weighted by atomic mass is 16.5. The second kappa shape index (κ2) is 4.80. The van der Waals surface area contributed by atoms with Crippen molar-refractivity contribution < 1.29 is 28.2 Å². The van der Waals surface area contributed by atoms with E-state index in [0.717, 1.165) is 0 Å². The van der Waals surface area contributed by atoms with Crippen molar-refractivity contribution in [3.63, 3.8) is 0 Å². The quantitative estimate of drug-likeness (QED) is 0.742. The normalized spacial score (nSPS) is 11.0. The van der Waals surface area contributed by atoms with Crippen LogP contribution in [-0.2, 0) is 0 Å². The molecular formula is C15H12O7. The molecule has 114 valence electrons. The van der Waals surface area contributed by atoms with E-state index in [1.807, 2.05) is 0 Å². The Hall–Kier alpha value is -2.96. The van der Waals surface area contributed by atoms with E-state index in [4.69, 9.17) is 18.3 Å². The first-order valence-corrected chi connectivity index (χ1v) is 6.33. The summed E-state index contributed by atoms with van der Waals surface area (Å²) in [5.41, 5.74) is -0.691. The summed E-state index contributed by atoms with van der Waals surface area (Å²) in [4.78, 5) is 23.3. The van der Waals surface area contributed by atoms with E-state index in [0.29, 0.717) is 22.1 Å². The minimum Gasteiger partial charge on any atom is -0.495 e. The Morgan fingerprint density at radius 2 is 1.86 bits per heavy atom. The van der Waals surface area contributed by atoms with Gasteiger partial charge in [0, 0.05) is 0 Å². The third-order valence-electron chi connectivity index (χ3n) is 3.55. The predicted octanol–water partition coefficient (Wildman–Crippen LogP) is 2.56. The second-order valence-corrected chi connectivity index (χ2v) is 4.63. The summed E-state index contributed by atoms with van der Waals surface area (Å²) < 4.78 is 21.2. The number of benzene rings is 1. The first kappa shape index (κ1) is 14.0. The Bertz CT molecular complexity index is 962. The van der Waals surface area contributed by atoms with Crippen molar-refractivity contribution in [1.82, 2.24) is 0 Å². The van der Waals surface area contributed by atoms with Gasteiger partial charge in [-0.1, -0.05) is 0 Å². The van der Waals surface area contributed by atoms with Crippen molar-refractivity contribution in [3.05, 3.63) is 33.9 Å². The molecule has 0 aliphatic heterocycles. The van der Waals surface area contributed by atoms with Gasteiger partial charge in [-0.2, -0.15) is 0 Å². The zero-order valence-electron chi connectivity index (χ0n) is 12.1. The van der Waals surface area contributed by atoms with E-state index in [-0.39, 0.29) is 16.9 Å². The summed E-state index contributed by atoms with van der Waals surface area (Å²) >= 11 is 0. The lowest BCUT2D eigenvalue weighted by atomic mass is 10.0. The van der Waals surface area contributed by atoms with Gasteiger partial charge < -0.3 is 23.4 Å². The number of methoxy groups -OCH3 is 2. The molecule has 0 aliphatic carbocycles. The topological polar surface area (TPSA) is 99.1 Å². The summed E-state index contributed by atoms with van der Waals surface area (Å²) in [6.07, 6.45) is 1.44. The van der Waals surface area contributed by atoms with Gasteiger partial charge >= 0.3 is 11.6 Å². The van der Waals surface area contributed by atoms with Gasteiger partial charge in [0.15, 0.2) is 11.2 Å². The molecule has 2 heterocycles. The molecule has 0 amide bonds. The number of rotatable bonds is 3. The van der Waals surface area contributed by atoms with Crippen molar-refractivity contribution in [3.8, 4) is 11.5 Å². The molecule has 0 unspecified atom stereocenters. The Labute approximate surface area is 123 Å². The average Bonchev–Trinajstić information content (AvgIpc) is 2.93. The van der Waals surface area contributed by atoms with Gasteiger partial charge in [-0.15, -0.1) is 0 Å². The minimum absolute atomic E-state index is 0.0919. The fraction of sp³-hybridized carbons (Fsp3) is 0.200. The van der Waals surface area contributed by atoms with Gasteiger partial charge in [-0.05, 0) is 18.6 Å². The van der Waals surface area contributed by atoms with Gasteiger partial charge in [0.1, 0.15) is 11.3 Å². The zero-order valence-corrected chi connectivity index (χ0v) is 12.1. The standard InChI is InChI=1S/C15H12O7/c1-6-8-10(19-2)7-4-5-21-11(7)13(20-3)12(8)22-15(18)9(6)14(16)17/h4-5H,1-3H3,(H,16,17). The van der Waals surface area contributed by atoms with Crippen LogP contribution in [0.1, 0.15) is 15.9 Å². The van der Waals surface area contributed by atoms with Crippen LogP contribution in [-0.4, -0.2) is 25.3 Å². The van der Waals surface area contributed by atoms with Crippen molar-refractivity contribution in [2.24, 2.45) is 0 Å². The predicted molar refractivity (Wildman–Crippen MR) is 77.1 cm³/mol. The maximum Gasteiger partial charge on any atom is 0.351 e. The van der Waals surface area contributed by atoms with E-state index < -0.39 is 17.2 Å². The molecule has 0 aliphatic rings. The summed E-state index contributed by atoms with van der Waals surface area (Å²) in [5.74, 6) is -0.780. The van der Waals surface area contributed by atoms with Gasteiger partial charge in [0.2, 0.25) is 5.75 Å². The third-order valence-corrected chi connectivity index (χ3v) is 3.55. The van der Waals surface area contributed by atoms with Crippen LogP contribution in [0.3, 0.4) is 0 Å². The molecule has 22 heavy (non-hydrogen) atoms. The largest absolute Gasteiger partial charge is 0.495 e. The molecule has 0 atom stereocenters. The number of fused-ring (bicyclic) bond motifs is 2. The van der Waals surface area contributed by atoms with E-state index in [1.54, 1.807) is 6.07 Å². The minimum atomic E-state index is -1.36. The fourth-order valence-electron chi connectivity index (χ4n) is 2.62. The number of carboxylic acids is 1. The summed E-state index contributed by atoms with van der Waals surface area (Å²) in [6, 6.07) is 1.67. The second-order valence-electron chi connectivity index (χ2n) is 4.63. The van der Waals surface area contributed by atoms with Gasteiger partial charge in [0.25, 0.3) is 0 Å². The molecule has 1 aromatic carbocycles. The summed E-state index contributed by atoms with van der Waals surface area (Å²) in [7, 11) is 2.85. The molecule has 0 spiro atoms. The van der Waals surface area contributed by atoms with Gasteiger partial charge in [-0.25, -0.2) is 9.59 Å². The summed E-state index contributed by atoms with van der Waals surface area (Å²) in [5, 5.41) is 10.2. The first-order chi connectivity index (χ1) is 10.5. The van der Waals surface area contributed by atoms with Crippen molar-refractivity contribution >= 4 is 27.9 Å². The van der Waals surface area contributed by atoms with Gasteiger partial charge in [0.05, 0.1) is 31.3 Å². The molecule has 7 nitrogen and oxygen atoms in total. The maximum absolute atomic E-state index is 12.0. The lowest BCUT2D eigenvalue weighted by Gasteiger charge is -2.13. The number of aryl methyl sites for hydroxylation is 1. The van der Waals surface area contributed by atoms with Gasteiger partial charge in [-0.3, -0.25) is 0 Å². The third kappa shape index (κ3) is 1.68. The monoisotopic (exact) mass is 304 g/mol. The molecule has 0 bridgehead atoms. The highest BCUT2D eigenvalue weighted by Gasteiger charge is 2.26. The van der Waals surface area contributed by atoms with Crippen molar-refractivity contribution in [1.29, 1.82) is 0 Å². The zero-order chi connectivity index (χ0) is 16.0. The number of furan rings is 1. The van der Waals surface area contributed by atoms with Crippen molar-refractivity contribution in [2.75, 3.05) is 14.2 Å². The average molecular weight is 304 g/mol. The van der Waals surface area contributed by atoms with Crippen LogP contribution in [0.4, 0.5) is 0 Å². The molecule has 2 aromatic heterocycles. The maximum atomic E-state index is 12.0. The van der Waals surface area contributed by atoms with E-state index in [2.05, 4.69) is 0 Å². The SMILES string of the molecule is COc1c2occc2c(OC)c2c(C)c(C(=O)O)c(=O)oc12. The number of carboxylic acid groups (broad SMARTS) is 1. The van der Waals surface area contributed by atoms with E-state index in [9.17, 15) is 14.7 Å². The van der Waals surface area contributed by atoms with Crippen LogP contribution in [0, 0.1) is 6.92 Å². The first-order valence-electron chi connectivity index (χ1n) is 6.33. The number of aromatic carboxylic acids is 1. The van der Waals surface area contributed by atoms with Crippen molar-refractivity contribution in [2.45, 2.75) is 6.92 Å². The Balaban J connectivity index is 2.68. The van der Waals surface area contributed by atoms with Crippen LogP contribution in [0.25, 0.3) is 21.9 Å². The van der Waals surface area contributed by atoms with Crippen LogP contribution >= 0.6 is 0 Å². The molecule has 3 rings (SSSR count). The number of carbonyl (C=O) groups is 1. The number of ether oxygens (including phenoxy) is 2. The highest BCUT2D eigenvalue weighted by Crippen LogP contribution is 2.44. The molecule has 0 radical (unpaired) electrons. The molecule has 0 saturated heterocycles. The molecule has 0 saturated carbocycles. The molecule has 0 fully saturated rings. The van der Waals surface area contributed by atoms with Crippen LogP contribution in [0.15, 0.2) is 26.0 Å². The van der Waals surface area contributed by atoms with E-state index in [1.165, 1.54) is 27.4 Å². The van der Waals surface area contributed by atoms with E-state index >= 15 is 0 Å². The molecular weight excluding hydrogens is 292 g/mol. The van der Waals surface area contributed by atoms with Crippen LogP contribution < -0.4 is 15.1 Å². The Kier molecular flexibility index (Phi) is 3.05. The lowest BCUT2D eigenvalue weighted by Crippen LogP contribution is -2.16. The number of hydrogen-bond donors (Lipinski definition) is 1. The Morgan fingerprint density at radius 1 is 1.18 bits per heavy atom. The molecule has 1 N–H and O–H groups in total. The lowest BCUT2D eigenvalue weighted by molar-refractivity contribution is 0.0691. The highest BCUT2D eigenvalue weighted by molar-refractivity contribution is 6.09. The summed E-state index contributed by atoms with van der Waals surface area (Å²) in [6.45, 7) is 1.52. The molecule has 3 aromatic rings. The smallest absolute Gasteiger partial charge is 0.351 e.